The van der Waals surface area contributed by atoms with E-state index in [0.717, 1.165) is 12.8 Å². The Labute approximate surface area is 116 Å². The van der Waals surface area contributed by atoms with E-state index >= 15 is 0 Å². The van der Waals surface area contributed by atoms with Crippen molar-refractivity contribution in [3.8, 4) is 0 Å². The van der Waals surface area contributed by atoms with E-state index in [1.165, 1.54) is 6.26 Å². The zero-order valence-corrected chi connectivity index (χ0v) is 12.8. The molecule has 1 rings (SSSR count). The van der Waals surface area contributed by atoms with Gasteiger partial charge in [-0.25, -0.2) is 8.42 Å². The average Bonchev–Trinajstić information content (AvgIpc) is 2.96. The lowest BCUT2D eigenvalue weighted by molar-refractivity contribution is -0.133. The van der Waals surface area contributed by atoms with Gasteiger partial charge in [-0.1, -0.05) is 0 Å². The third-order valence-electron chi connectivity index (χ3n) is 2.84. The van der Waals surface area contributed by atoms with Crippen LogP contribution < -0.4 is 5.32 Å². The van der Waals surface area contributed by atoms with Crippen molar-refractivity contribution in [3.05, 3.63) is 0 Å². The molecule has 1 N–H and O–H groups in total. The third-order valence-corrected chi connectivity index (χ3v) is 3.92. The number of amides is 1. The largest absolute Gasteiger partial charge is 0.336 e. The van der Waals surface area contributed by atoms with Crippen molar-refractivity contribution in [1.29, 1.82) is 0 Å². The van der Waals surface area contributed by atoms with Gasteiger partial charge >= 0.3 is 0 Å². The molecule has 0 spiro atoms. The van der Waals surface area contributed by atoms with Crippen molar-refractivity contribution in [2.24, 2.45) is 0 Å². The Morgan fingerprint density at radius 2 is 2.00 bits per heavy atom. The predicted octanol–water partition coefficient (Wildman–Crippen LogP) is 0.442. The molecule has 1 fully saturated rings. The number of hydrogen-bond donors (Lipinski definition) is 1. The van der Waals surface area contributed by atoms with E-state index in [0.29, 0.717) is 13.0 Å². The molecule has 0 radical (unpaired) electrons. The molecule has 108 valence electrons. The van der Waals surface area contributed by atoms with E-state index in [4.69, 9.17) is 0 Å². The quantitative estimate of drug-likeness (QED) is 0.741. The van der Waals surface area contributed by atoms with Gasteiger partial charge in [0.2, 0.25) is 5.91 Å². The molecule has 0 aromatic carbocycles. The van der Waals surface area contributed by atoms with Gasteiger partial charge in [-0.05, 0) is 26.8 Å². The summed E-state index contributed by atoms with van der Waals surface area (Å²) in [6.07, 6.45) is 3.65. The standard InChI is InChI=1S/C11H22N2O3S.ClH/c1-9(8-17(3,15)16)13(10-4-5-10)11(14)6-7-12-2;/h9-10,12H,4-8H2,1-3H3;1H. The molecule has 0 bridgehead atoms. The van der Waals surface area contributed by atoms with Gasteiger partial charge in [0.25, 0.3) is 0 Å². The van der Waals surface area contributed by atoms with Crippen molar-refractivity contribution in [3.63, 3.8) is 0 Å². The number of carbonyl (C=O) groups is 1. The molecular weight excluding hydrogens is 276 g/mol. The highest BCUT2D eigenvalue weighted by Gasteiger charge is 2.36. The number of sulfone groups is 1. The maximum atomic E-state index is 12.0. The third kappa shape index (κ3) is 6.02. The molecule has 0 aliphatic heterocycles. The SMILES string of the molecule is CNCCC(=O)N(C(C)CS(C)(=O)=O)C1CC1.Cl. The van der Waals surface area contributed by atoms with Crippen LogP contribution in [0, 0.1) is 0 Å². The molecule has 0 aromatic heterocycles. The molecule has 18 heavy (non-hydrogen) atoms. The Kier molecular flexibility index (Phi) is 7.17. The first-order chi connectivity index (χ1) is 7.85. The van der Waals surface area contributed by atoms with Crippen molar-refractivity contribution in [2.45, 2.75) is 38.3 Å². The summed E-state index contributed by atoms with van der Waals surface area (Å²) < 4.78 is 22.6. The summed E-state index contributed by atoms with van der Waals surface area (Å²) in [7, 11) is -1.24. The molecular formula is C11H23ClN2O3S. The monoisotopic (exact) mass is 298 g/mol. The first-order valence-electron chi connectivity index (χ1n) is 5.98. The molecule has 5 nitrogen and oxygen atoms in total. The Hall–Kier alpha value is -0.330. The van der Waals surface area contributed by atoms with Crippen LogP contribution in [0.25, 0.3) is 0 Å². The zero-order chi connectivity index (χ0) is 13.1. The van der Waals surface area contributed by atoms with Crippen LogP contribution in [0.4, 0.5) is 0 Å². The Bertz CT molecular complexity index is 368. The zero-order valence-electron chi connectivity index (χ0n) is 11.2. The van der Waals surface area contributed by atoms with Crippen molar-refractivity contribution >= 4 is 28.2 Å². The fourth-order valence-corrected chi connectivity index (χ4v) is 3.08. The smallest absolute Gasteiger partial charge is 0.224 e. The number of halogens is 1. The lowest BCUT2D eigenvalue weighted by atomic mass is 10.2. The topological polar surface area (TPSA) is 66.5 Å². The number of nitrogens with one attached hydrogen (secondary N) is 1. The normalized spacial score (nSPS) is 16.8. The van der Waals surface area contributed by atoms with Crippen LogP contribution in [-0.4, -0.2) is 56.9 Å². The van der Waals surface area contributed by atoms with E-state index in [-0.39, 0.29) is 36.2 Å². The molecule has 7 heteroatoms. The fraction of sp³-hybridized carbons (Fsp3) is 0.909. The van der Waals surface area contributed by atoms with Gasteiger partial charge in [0.05, 0.1) is 5.75 Å². The molecule has 1 aliphatic rings. The van der Waals surface area contributed by atoms with Crippen molar-refractivity contribution in [1.82, 2.24) is 10.2 Å². The van der Waals surface area contributed by atoms with Crippen LogP contribution in [0.1, 0.15) is 26.2 Å². The van der Waals surface area contributed by atoms with Crippen LogP contribution in [-0.2, 0) is 14.6 Å². The average molecular weight is 299 g/mol. The highest BCUT2D eigenvalue weighted by Crippen LogP contribution is 2.29. The van der Waals surface area contributed by atoms with E-state index in [2.05, 4.69) is 5.32 Å². The van der Waals surface area contributed by atoms with Crippen LogP contribution >= 0.6 is 12.4 Å². The summed E-state index contributed by atoms with van der Waals surface area (Å²) in [6, 6.07) is 0.0398. The minimum absolute atomic E-state index is 0. The summed E-state index contributed by atoms with van der Waals surface area (Å²) in [6.45, 7) is 2.45. The van der Waals surface area contributed by atoms with Crippen molar-refractivity contribution < 1.29 is 13.2 Å². The van der Waals surface area contributed by atoms with Gasteiger partial charge in [-0.3, -0.25) is 4.79 Å². The molecule has 1 aliphatic carbocycles. The van der Waals surface area contributed by atoms with E-state index in [9.17, 15) is 13.2 Å². The highest BCUT2D eigenvalue weighted by atomic mass is 35.5. The first-order valence-corrected chi connectivity index (χ1v) is 8.04. The van der Waals surface area contributed by atoms with Crippen LogP contribution in [0.15, 0.2) is 0 Å². The summed E-state index contributed by atoms with van der Waals surface area (Å²) in [5, 5.41) is 2.93. The Balaban J connectivity index is 0.00000289. The molecule has 0 aromatic rings. The maximum Gasteiger partial charge on any atom is 0.224 e. The number of hydrogen-bond acceptors (Lipinski definition) is 4. The lowest BCUT2D eigenvalue weighted by Crippen LogP contribution is -2.44. The van der Waals surface area contributed by atoms with Gasteiger partial charge in [0, 0.05) is 31.3 Å². The van der Waals surface area contributed by atoms with Crippen LogP contribution in [0.3, 0.4) is 0 Å². The second-order valence-corrected chi connectivity index (χ2v) is 7.01. The van der Waals surface area contributed by atoms with Crippen LogP contribution in [0.2, 0.25) is 0 Å². The number of carbonyl (C=O) groups excluding carboxylic acids is 1. The second-order valence-electron chi connectivity index (χ2n) is 4.83. The van der Waals surface area contributed by atoms with Gasteiger partial charge in [-0.15, -0.1) is 12.4 Å². The Morgan fingerprint density at radius 1 is 1.44 bits per heavy atom. The maximum absolute atomic E-state index is 12.0. The highest BCUT2D eigenvalue weighted by molar-refractivity contribution is 7.90. The molecule has 1 saturated carbocycles. The predicted molar refractivity (Wildman–Crippen MR) is 74.8 cm³/mol. The van der Waals surface area contributed by atoms with E-state index < -0.39 is 9.84 Å². The summed E-state index contributed by atoms with van der Waals surface area (Å²) in [5.41, 5.74) is 0. The molecule has 1 atom stereocenters. The van der Waals surface area contributed by atoms with Gasteiger partial charge in [-0.2, -0.15) is 0 Å². The molecule has 1 amide bonds. The summed E-state index contributed by atoms with van der Waals surface area (Å²) in [4.78, 5) is 13.8. The molecule has 0 saturated heterocycles. The molecule has 0 heterocycles. The first kappa shape index (κ1) is 17.7. The van der Waals surface area contributed by atoms with Crippen LogP contribution in [0.5, 0.6) is 0 Å². The summed E-state index contributed by atoms with van der Waals surface area (Å²) >= 11 is 0. The lowest BCUT2D eigenvalue weighted by Gasteiger charge is -2.29. The van der Waals surface area contributed by atoms with Gasteiger partial charge < -0.3 is 10.2 Å². The fourth-order valence-electron chi connectivity index (χ4n) is 2.04. The number of nitrogens with zero attached hydrogens (tertiary/aromatic N) is 1. The number of rotatable bonds is 7. The van der Waals surface area contributed by atoms with Gasteiger partial charge in [0.15, 0.2) is 0 Å². The minimum atomic E-state index is -3.04. The van der Waals surface area contributed by atoms with E-state index in [1.54, 1.807) is 11.9 Å². The summed E-state index contributed by atoms with van der Waals surface area (Å²) in [5.74, 6) is 0.104. The van der Waals surface area contributed by atoms with Gasteiger partial charge in [0.1, 0.15) is 9.84 Å². The second kappa shape index (κ2) is 7.31. The van der Waals surface area contributed by atoms with Crippen molar-refractivity contribution in [2.75, 3.05) is 25.6 Å². The Morgan fingerprint density at radius 3 is 2.39 bits per heavy atom. The van der Waals surface area contributed by atoms with E-state index in [1.807, 2.05) is 6.92 Å². The minimum Gasteiger partial charge on any atom is -0.336 e. The molecule has 1 unspecified atom stereocenters.